The minimum absolute atomic E-state index is 0.277. The summed E-state index contributed by atoms with van der Waals surface area (Å²) < 4.78 is 11.5. The molecule has 0 spiro atoms. The van der Waals surface area contributed by atoms with E-state index in [1.165, 1.54) is 6.20 Å². The van der Waals surface area contributed by atoms with E-state index in [1.807, 2.05) is 20.8 Å². The van der Waals surface area contributed by atoms with Crippen LogP contribution in [0.25, 0.3) is 0 Å². The van der Waals surface area contributed by atoms with Crippen LogP contribution < -0.4 is 0 Å². The van der Waals surface area contributed by atoms with Gasteiger partial charge in [-0.25, -0.2) is 4.98 Å². The molecule has 0 aliphatic heterocycles. The van der Waals surface area contributed by atoms with Gasteiger partial charge in [-0.05, 0) is 32.9 Å². The molecule has 0 aliphatic carbocycles. The van der Waals surface area contributed by atoms with Gasteiger partial charge in [-0.15, -0.1) is 0 Å². The predicted molar refractivity (Wildman–Crippen MR) is 55.4 cm³/mol. The number of nitrogens with zero attached hydrogens (tertiary/aromatic N) is 1. The van der Waals surface area contributed by atoms with Crippen molar-refractivity contribution in [2.24, 2.45) is 0 Å². The Bertz CT molecular complexity index is 315. The molecule has 1 rings (SSSR count). The molecule has 1 atom stereocenters. The third-order valence-corrected chi connectivity index (χ3v) is 3.40. The fourth-order valence-electron chi connectivity index (χ4n) is 0.786. The van der Waals surface area contributed by atoms with Gasteiger partial charge in [0.05, 0.1) is 15.8 Å². The van der Waals surface area contributed by atoms with E-state index in [0.717, 1.165) is 0 Å². The van der Waals surface area contributed by atoms with Crippen molar-refractivity contribution in [1.29, 1.82) is 0 Å². The van der Waals surface area contributed by atoms with Gasteiger partial charge in [0.15, 0.2) is 0 Å². The lowest BCUT2D eigenvalue weighted by molar-refractivity contribution is 0.645. The number of halogens is 1. The van der Waals surface area contributed by atoms with Crippen LogP contribution in [0.5, 0.6) is 0 Å². The van der Waals surface area contributed by atoms with Crippen molar-refractivity contribution in [2.75, 3.05) is 0 Å². The summed E-state index contributed by atoms with van der Waals surface area (Å²) in [5, 5.41) is 1.14. The van der Waals surface area contributed by atoms with Gasteiger partial charge < -0.3 is 0 Å². The van der Waals surface area contributed by atoms with Crippen molar-refractivity contribution >= 4 is 22.4 Å². The monoisotopic (exact) mass is 217 g/mol. The Morgan fingerprint density at radius 2 is 2.00 bits per heavy atom. The van der Waals surface area contributed by atoms with Crippen molar-refractivity contribution in [2.45, 2.75) is 30.5 Å². The molecule has 4 heteroatoms. The maximum Gasteiger partial charge on any atom is 0.127 e. The molecule has 0 saturated carbocycles. The SMILES string of the molecule is CC(C)(C)S(=O)c1ccc(Cl)cn1. The summed E-state index contributed by atoms with van der Waals surface area (Å²) >= 11 is 5.67. The van der Waals surface area contributed by atoms with Crippen LogP contribution in [0.2, 0.25) is 5.02 Å². The Balaban J connectivity index is 2.97. The molecule has 72 valence electrons. The molecule has 2 nitrogen and oxygen atoms in total. The molecule has 0 amide bonds. The lowest BCUT2D eigenvalue weighted by atomic mass is 10.3. The van der Waals surface area contributed by atoms with Crippen LogP contribution in [0.4, 0.5) is 0 Å². The van der Waals surface area contributed by atoms with Crippen molar-refractivity contribution < 1.29 is 4.21 Å². The molecule has 0 bridgehead atoms. The predicted octanol–water partition coefficient (Wildman–Crippen LogP) is 2.64. The molecule has 1 aromatic heterocycles. The molecule has 1 aromatic rings. The third kappa shape index (κ3) is 2.78. The average Bonchev–Trinajstić information content (AvgIpc) is 2.03. The minimum Gasteiger partial charge on any atom is -0.252 e. The van der Waals surface area contributed by atoms with Crippen LogP contribution in [0.15, 0.2) is 23.4 Å². The lowest BCUT2D eigenvalue weighted by Crippen LogP contribution is -2.22. The summed E-state index contributed by atoms with van der Waals surface area (Å²) in [5.74, 6) is 0. The van der Waals surface area contributed by atoms with Crippen LogP contribution in [0.3, 0.4) is 0 Å². The van der Waals surface area contributed by atoms with Crippen LogP contribution in [-0.2, 0) is 10.8 Å². The summed E-state index contributed by atoms with van der Waals surface area (Å²) in [6, 6.07) is 3.40. The summed E-state index contributed by atoms with van der Waals surface area (Å²) in [4.78, 5) is 4.01. The second-order valence-corrected chi connectivity index (χ2v) is 6.31. The van der Waals surface area contributed by atoms with E-state index in [4.69, 9.17) is 11.6 Å². The van der Waals surface area contributed by atoms with Gasteiger partial charge >= 0.3 is 0 Å². The van der Waals surface area contributed by atoms with Gasteiger partial charge in [-0.1, -0.05) is 11.6 Å². The van der Waals surface area contributed by atoms with Gasteiger partial charge in [0.2, 0.25) is 0 Å². The van der Waals surface area contributed by atoms with Crippen LogP contribution >= 0.6 is 11.6 Å². The molecule has 0 aromatic carbocycles. The molecule has 0 fully saturated rings. The summed E-state index contributed by atoms with van der Waals surface area (Å²) in [7, 11) is -1.08. The van der Waals surface area contributed by atoms with Gasteiger partial charge in [0.25, 0.3) is 0 Å². The Hall–Kier alpha value is -0.410. The molecule has 1 unspecified atom stereocenters. The quantitative estimate of drug-likeness (QED) is 0.724. The zero-order valence-electron chi connectivity index (χ0n) is 7.87. The molecule has 1 heterocycles. The summed E-state index contributed by atoms with van der Waals surface area (Å²) in [5.41, 5.74) is 0. The summed E-state index contributed by atoms with van der Waals surface area (Å²) in [6.45, 7) is 5.75. The molecule has 0 N–H and O–H groups in total. The van der Waals surface area contributed by atoms with Crippen molar-refractivity contribution in [3.63, 3.8) is 0 Å². The first-order chi connectivity index (χ1) is 5.91. The van der Waals surface area contributed by atoms with Gasteiger partial charge in [0.1, 0.15) is 5.03 Å². The second-order valence-electron chi connectivity index (χ2n) is 3.70. The van der Waals surface area contributed by atoms with Crippen molar-refractivity contribution in [1.82, 2.24) is 4.98 Å². The first kappa shape index (κ1) is 10.7. The maximum atomic E-state index is 11.8. The number of hydrogen-bond acceptors (Lipinski definition) is 2. The standard InChI is InChI=1S/C9H12ClNOS/c1-9(2,3)13(12)8-5-4-7(10)6-11-8/h4-6H,1-3H3. The highest BCUT2D eigenvalue weighted by molar-refractivity contribution is 7.86. The number of aromatic nitrogens is 1. The molecule has 0 radical (unpaired) electrons. The van der Waals surface area contributed by atoms with E-state index in [9.17, 15) is 4.21 Å². The Labute approximate surface area is 85.8 Å². The summed E-state index contributed by atoms with van der Waals surface area (Å²) in [6.07, 6.45) is 1.51. The Kier molecular flexibility index (Phi) is 3.09. The fourth-order valence-corrected chi connectivity index (χ4v) is 1.86. The number of rotatable bonds is 1. The highest BCUT2D eigenvalue weighted by Crippen LogP contribution is 2.19. The zero-order valence-corrected chi connectivity index (χ0v) is 9.45. The normalized spacial score (nSPS) is 14.2. The lowest BCUT2D eigenvalue weighted by Gasteiger charge is -2.16. The third-order valence-electron chi connectivity index (χ3n) is 1.45. The van der Waals surface area contributed by atoms with Crippen molar-refractivity contribution in [3.8, 4) is 0 Å². The topological polar surface area (TPSA) is 30.0 Å². The minimum atomic E-state index is -1.08. The fraction of sp³-hybridized carbons (Fsp3) is 0.444. The van der Waals surface area contributed by atoms with Crippen molar-refractivity contribution in [3.05, 3.63) is 23.4 Å². The number of pyridine rings is 1. The first-order valence-corrected chi connectivity index (χ1v) is 5.47. The molecular formula is C9H12ClNOS. The Morgan fingerprint density at radius 3 is 2.38 bits per heavy atom. The van der Waals surface area contributed by atoms with Crippen LogP contribution in [0.1, 0.15) is 20.8 Å². The maximum absolute atomic E-state index is 11.8. The smallest absolute Gasteiger partial charge is 0.127 e. The highest BCUT2D eigenvalue weighted by atomic mass is 35.5. The molecular weight excluding hydrogens is 206 g/mol. The van der Waals surface area contributed by atoms with Crippen LogP contribution in [0, 0.1) is 0 Å². The van der Waals surface area contributed by atoms with E-state index in [2.05, 4.69) is 4.98 Å². The van der Waals surface area contributed by atoms with Crippen LogP contribution in [-0.4, -0.2) is 13.9 Å². The average molecular weight is 218 g/mol. The molecule has 13 heavy (non-hydrogen) atoms. The first-order valence-electron chi connectivity index (χ1n) is 3.95. The second kappa shape index (κ2) is 3.76. The van der Waals surface area contributed by atoms with Gasteiger partial charge in [-0.3, -0.25) is 4.21 Å². The van der Waals surface area contributed by atoms with E-state index in [1.54, 1.807) is 12.1 Å². The van der Waals surface area contributed by atoms with E-state index in [-0.39, 0.29) is 4.75 Å². The van der Waals surface area contributed by atoms with E-state index >= 15 is 0 Å². The Morgan fingerprint density at radius 1 is 1.38 bits per heavy atom. The highest BCUT2D eigenvalue weighted by Gasteiger charge is 2.21. The largest absolute Gasteiger partial charge is 0.252 e. The van der Waals surface area contributed by atoms with Gasteiger partial charge in [-0.2, -0.15) is 0 Å². The van der Waals surface area contributed by atoms with E-state index < -0.39 is 10.8 Å². The zero-order chi connectivity index (χ0) is 10.1. The van der Waals surface area contributed by atoms with Gasteiger partial charge in [0, 0.05) is 10.9 Å². The van der Waals surface area contributed by atoms with E-state index in [0.29, 0.717) is 10.0 Å². The number of hydrogen-bond donors (Lipinski definition) is 0. The molecule has 0 saturated heterocycles. The molecule has 0 aliphatic rings.